The summed E-state index contributed by atoms with van der Waals surface area (Å²) in [6.07, 6.45) is 3.70. The number of piperidine rings is 1. The third-order valence-corrected chi connectivity index (χ3v) is 6.14. The Morgan fingerprint density at radius 2 is 1.89 bits per heavy atom. The van der Waals surface area contributed by atoms with Gasteiger partial charge in [-0.05, 0) is 43.7 Å². The van der Waals surface area contributed by atoms with Crippen LogP contribution in [-0.4, -0.2) is 33.2 Å². The van der Waals surface area contributed by atoms with E-state index < -0.39 is 11.7 Å². The highest BCUT2D eigenvalue weighted by Crippen LogP contribution is 2.37. The number of nitrogens with zero attached hydrogens (tertiary/aromatic N) is 3. The average molecular weight is 391 g/mol. The first-order valence-corrected chi connectivity index (χ1v) is 9.87. The summed E-state index contributed by atoms with van der Waals surface area (Å²) in [7, 11) is 1.66. The van der Waals surface area contributed by atoms with Gasteiger partial charge in [-0.15, -0.1) is 0 Å². The summed E-state index contributed by atoms with van der Waals surface area (Å²) in [5, 5.41) is 4.19. The lowest BCUT2D eigenvalue weighted by atomic mass is 9.78. The number of carbonyl (C=O) groups is 1. The Morgan fingerprint density at radius 3 is 2.68 bits per heavy atom. The van der Waals surface area contributed by atoms with Gasteiger partial charge in [-0.3, -0.25) is 9.48 Å². The lowest BCUT2D eigenvalue weighted by molar-refractivity contribution is -0.137. The van der Waals surface area contributed by atoms with E-state index in [1.165, 1.54) is 23.4 Å². The molecule has 1 saturated heterocycles. The van der Waals surface area contributed by atoms with Crippen molar-refractivity contribution >= 4 is 5.91 Å². The molecule has 2 aliphatic rings. The van der Waals surface area contributed by atoms with Crippen LogP contribution in [0.1, 0.15) is 54.4 Å². The number of amides is 1. The predicted octanol–water partition coefficient (Wildman–Crippen LogP) is 4.90. The van der Waals surface area contributed by atoms with Gasteiger partial charge in [0.05, 0.1) is 23.0 Å². The molecule has 0 spiro atoms. The third-order valence-electron chi connectivity index (χ3n) is 6.14. The summed E-state index contributed by atoms with van der Waals surface area (Å²) < 4.78 is 40.9. The van der Waals surface area contributed by atoms with Crippen molar-refractivity contribution in [3.8, 4) is 11.3 Å². The van der Waals surface area contributed by atoms with E-state index in [-0.39, 0.29) is 11.9 Å². The fourth-order valence-electron chi connectivity index (χ4n) is 4.81. The van der Waals surface area contributed by atoms with Gasteiger partial charge in [0, 0.05) is 25.2 Å². The standard InChI is InChI=1S/C21H24F3N3O/c1-26-19(15-7-4-9-16(12-15)21(22,23)24)17(13-25-26)20(28)27-11-5-8-14-6-2-3-10-18(14)27/h4,7,9,12-14,18H,2-3,5-6,8,10-11H2,1H3. The van der Waals surface area contributed by atoms with E-state index in [1.807, 2.05) is 4.90 Å². The zero-order valence-corrected chi connectivity index (χ0v) is 15.9. The van der Waals surface area contributed by atoms with E-state index in [2.05, 4.69) is 5.10 Å². The normalized spacial score (nSPS) is 22.8. The van der Waals surface area contributed by atoms with Crippen molar-refractivity contribution in [2.75, 3.05) is 6.54 Å². The number of fused-ring (bicyclic) bond motifs is 1. The van der Waals surface area contributed by atoms with Crippen LogP contribution in [-0.2, 0) is 13.2 Å². The predicted molar refractivity (Wildman–Crippen MR) is 99.7 cm³/mol. The van der Waals surface area contributed by atoms with E-state index in [9.17, 15) is 18.0 Å². The van der Waals surface area contributed by atoms with Crippen LogP contribution in [0.15, 0.2) is 30.5 Å². The number of halogens is 3. The van der Waals surface area contributed by atoms with Gasteiger partial charge in [-0.2, -0.15) is 18.3 Å². The first-order chi connectivity index (χ1) is 13.4. The van der Waals surface area contributed by atoms with Crippen molar-refractivity contribution in [1.82, 2.24) is 14.7 Å². The number of hydrogen-bond acceptors (Lipinski definition) is 2. The van der Waals surface area contributed by atoms with Gasteiger partial charge in [-0.25, -0.2) is 0 Å². The first-order valence-electron chi connectivity index (χ1n) is 9.87. The number of likely N-dealkylation sites (tertiary alicyclic amines) is 1. The smallest absolute Gasteiger partial charge is 0.335 e. The Labute approximate surface area is 162 Å². The molecule has 2 fully saturated rings. The van der Waals surface area contributed by atoms with Crippen molar-refractivity contribution in [1.29, 1.82) is 0 Å². The van der Waals surface area contributed by atoms with Crippen LogP contribution < -0.4 is 0 Å². The molecule has 2 heterocycles. The molecular formula is C21H24F3N3O. The Morgan fingerprint density at radius 1 is 1.14 bits per heavy atom. The van der Waals surface area contributed by atoms with Crippen LogP contribution in [0.2, 0.25) is 0 Å². The highest BCUT2D eigenvalue weighted by molar-refractivity contribution is 6.00. The molecule has 4 nitrogen and oxygen atoms in total. The van der Waals surface area contributed by atoms with Crippen LogP contribution in [0, 0.1) is 5.92 Å². The molecule has 0 N–H and O–H groups in total. The Balaban J connectivity index is 1.70. The maximum Gasteiger partial charge on any atom is 0.416 e. The van der Waals surface area contributed by atoms with E-state index >= 15 is 0 Å². The maximum atomic E-state index is 13.4. The second-order valence-electron chi connectivity index (χ2n) is 7.86. The molecule has 1 aliphatic carbocycles. The zero-order chi connectivity index (χ0) is 19.9. The molecule has 0 bridgehead atoms. The fraction of sp³-hybridized carbons (Fsp3) is 0.524. The van der Waals surface area contributed by atoms with Gasteiger partial charge < -0.3 is 4.90 Å². The number of aryl methyl sites for hydroxylation is 1. The van der Waals surface area contributed by atoms with Gasteiger partial charge in [0.1, 0.15) is 0 Å². The summed E-state index contributed by atoms with van der Waals surface area (Å²) in [4.78, 5) is 15.3. The quantitative estimate of drug-likeness (QED) is 0.730. The van der Waals surface area contributed by atoms with E-state index in [0.717, 1.165) is 44.2 Å². The molecule has 1 aromatic heterocycles. The number of hydrogen-bond donors (Lipinski definition) is 0. The Kier molecular flexibility index (Phi) is 4.93. The van der Waals surface area contributed by atoms with E-state index in [1.54, 1.807) is 13.1 Å². The van der Waals surface area contributed by atoms with Crippen LogP contribution >= 0.6 is 0 Å². The second-order valence-corrected chi connectivity index (χ2v) is 7.86. The number of aromatic nitrogens is 2. The summed E-state index contributed by atoms with van der Waals surface area (Å²) in [5.74, 6) is 0.428. The van der Waals surface area contributed by atoms with E-state index in [0.29, 0.717) is 29.3 Å². The monoisotopic (exact) mass is 391 g/mol. The number of benzene rings is 1. The molecule has 0 radical (unpaired) electrons. The minimum absolute atomic E-state index is 0.114. The van der Waals surface area contributed by atoms with Gasteiger partial charge >= 0.3 is 6.18 Å². The molecule has 1 amide bonds. The van der Waals surface area contributed by atoms with Gasteiger partial charge in [0.25, 0.3) is 5.91 Å². The van der Waals surface area contributed by atoms with Crippen LogP contribution in [0.25, 0.3) is 11.3 Å². The van der Waals surface area contributed by atoms with E-state index in [4.69, 9.17) is 0 Å². The summed E-state index contributed by atoms with van der Waals surface area (Å²) in [6, 6.07) is 5.34. The van der Waals surface area contributed by atoms with Crippen molar-refractivity contribution in [3.05, 3.63) is 41.6 Å². The number of alkyl halides is 3. The number of rotatable bonds is 2. The Hall–Kier alpha value is -2.31. The summed E-state index contributed by atoms with van der Waals surface area (Å²) >= 11 is 0. The largest absolute Gasteiger partial charge is 0.416 e. The van der Waals surface area contributed by atoms with Crippen molar-refractivity contribution in [2.45, 2.75) is 50.7 Å². The van der Waals surface area contributed by atoms with Gasteiger partial charge in [0.2, 0.25) is 0 Å². The van der Waals surface area contributed by atoms with Crippen molar-refractivity contribution in [2.24, 2.45) is 13.0 Å². The molecular weight excluding hydrogens is 367 g/mol. The molecule has 28 heavy (non-hydrogen) atoms. The van der Waals surface area contributed by atoms with Crippen LogP contribution in [0.5, 0.6) is 0 Å². The van der Waals surface area contributed by atoms with Crippen LogP contribution in [0.4, 0.5) is 13.2 Å². The second kappa shape index (κ2) is 7.26. The SMILES string of the molecule is Cn1ncc(C(=O)N2CCCC3CCCCC32)c1-c1cccc(C(F)(F)F)c1. The molecule has 4 rings (SSSR count). The Bertz CT molecular complexity index is 872. The zero-order valence-electron chi connectivity index (χ0n) is 15.9. The minimum Gasteiger partial charge on any atom is -0.335 e. The third kappa shape index (κ3) is 3.42. The molecule has 7 heteroatoms. The molecule has 2 atom stereocenters. The topological polar surface area (TPSA) is 38.1 Å². The molecule has 150 valence electrons. The average Bonchev–Trinajstić information content (AvgIpc) is 3.08. The number of carbonyl (C=O) groups excluding carboxylic acids is 1. The highest BCUT2D eigenvalue weighted by atomic mass is 19.4. The summed E-state index contributed by atoms with van der Waals surface area (Å²) in [5.41, 5.74) is 0.451. The maximum absolute atomic E-state index is 13.4. The fourth-order valence-corrected chi connectivity index (χ4v) is 4.81. The highest BCUT2D eigenvalue weighted by Gasteiger charge is 2.37. The first kappa shape index (κ1) is 19.0. The molecule has 1 aromatic carbocycles. The molecule has 2 aromatic rings. The minimum atomic E-state index is -4.43. The lowest BCUT2D eigenvalue weighted by Gasteiger charge is -2.44. The van der Waals surface area contributed by atoms with Crippen molar-refractivity contribution < 1.29 is 18.0 Å². The van der Waals surface area contributed by atoms with Crippen molar-refractivity contribution in [3.63, 3.8) is 0 Å². The lowest BCUT2D eigenvalue weighted by Crippen LogP contribution is -2.49. The summed E-state index contributed by atoms with van der Waals surface area (Å²) in [6.45, 7) is 0.705. The van der Waals surface area contributed by atoms with Crippen LogP contribution in [0.3, 0.4) is 0 Å². The molecule has 1 aliphatic heterocycles. The molecule has 2 unspecified atom stereocenters. The van der Waals surface area contributed by atoms with Gasteiger partial charge in [-0.1, -0.05) is 25.0 Å². The van der Waals surface area contributed by atoms with Gasteiger partial charge in [0.15, 0.2) is 0 Å². The molecule has 1 saturated carbocycles.